The van der Waals surface area contributed by atoms with Crippen LogP contribution in [0.4, 0.5) is 5.69 Å². The summed E-state index contributed by atoms with van der Waals surface area (Å²) in [6.07, 6.45) is 1.42. The number of nitrogens with zero attached hydrogens (tertiary/aromatic N) is 1. The van der Waals surface area contributed by atoms with Crippen LogP contribution < -0.4 is 4.90 Å². The molecule has 1 aliphatic heterocycles. The maximum Gasteiger partial charge on any atom is 0.243 e. The van der Waals surface area contributed by atoms with Crippen molar-refractivity contribution in [1.82, 2.24) is 0 Å². The highest BCUT2D eigenvalue weighted by Gasteiger charge is 2.39. The van der Waals surface area contributed by atoms with Crippen LogP contribution in [0.25, 0.3) is 0 Å². The van der Waals surface area contributed by atoms with Crippen molar-refractivity contribution in [1.29, 1.82) is 0 Å². The average Bonchev–Trinajstić information content (AvgIpc) is 2.42. The smallest absolute Gasteiger partial charge is 0.243 e. The van der Waals surface area contributed by atoms with Gasteiger partial charge in [-0.05, 0) is 38.5 Å². The minimum absolute atomic E-state index is 0.144. The molecule has 0 radical (unpaired) electrons. The summed E-state index contributed by atoms with van der Waals surface area (Å²) in [5.41, 5.74) is 1.68. The molecule has 0 N–H and O–H groups in total. The third-order valence-corrected chi connectivity index (χ3v) is 4.70. The molecular weight excluding hydrogens is 270 g/mol. The number of ketones is 1. The number of hydrogen-bond acceptors (Lipinski definition) is 3. The molecule has 1 aliphatic rings. The fraction of sp³-hybridized carbons (Fsp3) is 0.500. The first-order valence-corrected chi connectivity index (χ1v) is 7.90. The van der Waals surface area contributed by atoms with Gasteiger partial charge < -0.3 is 4.90 Å². The van der Waals surface area contributed by atoms with Crippen LogP contribution >= 0.6 is 11.8 Å². The molecule has 0 aliphatic carbocycles. The summed E-state index contributed by atoms with van der Waals surface area (Å²) in [6.45, 7) is 8.54. The third-order valence-electron chi connectivity index (χ3n) is 3.47. The lowest BCUT2D eigenvalue weighted by molar-refractivity contribution is -0.120. The highest BCUT2D eigenvalue weighted by molar-refractivity contribution is 8.01. The van der Waals surface area contributed by atoms with E-state index in [1.807, 2.05) is 43.9 Å². The second kappa shape index (κ2) is 5.60. The fourth-order valence-electron chi connectivity index (χ4n) is 2.39. The Morgan fingerprint density at radius 1 is 1.30 bits per heavy atom. The zero-order chi connectivity index (χ0) is 14.9. The second-order valence-electron chi connectivity index (χ2n) is 5.53. The highest BCUT2D eigenvalue weighted by atomic mass is 32.2. The van der Waals surface area contributed by atoms with Crippen molar-refractivity contribution in [2.24, 2.45) is 0 Å². The standard InChI is InChI=1S/C16H21NO2S/c1-5-9-17-12-8-7-11(13(18)6-2)10-14(12)20-16(3,4)15(17)19/h7-8,10H,5-6,9H2,1-4H3. The molecule has 0 aromatic heterocycles. The maximum atomic E-state index is 12.5. The van der Waals surface area contributed by atoms with Crippen LogP contribution in [0.15, 0.2) is 23.1 Å². The summed E-state index contributed by atoms with van der Waals surface area (Å²) in [4.78, 5) is 27.2. The number of benzene rings is 1. The second-order valence-corrected chi connectivity index (χ2v) is 7.19. The monoisotopic (exact) mass is 291 g/mol. The van der Waals surface area contributed by atoms with E-state index in [1.54, 1.807) is 11.8 Å². The van der Waals surface area contributed by atoms with Gasteiger partial charge in [0.25, 0.3) is 0 Å². The van der Waals surface area contributed by atoms with Crippen LogP contribution in [-0.4, -0.2) is 23.0 Å². The van der Waals surface area contributed by atoms with E-state index in [1.165, 1.54) is 0 Å². The lowest BCUT2D eigenvalue weighted by atomic mass is 10.1. The number of Topliss-reactive ketones (excluding diaryl/α,β-unsaturated/α-hetero) is 1. The van der Waals surface area contributed by atoms with E-state index >= 15 is 0 Å². The van der Waals surface area contributed by atoms with Crippen LogP contribution in [0, 0.1) is 0 Å². The molecule has 0 spiro atoms. The summed E-state index contributed by atoms with van der Waals surface area (Å²) < 4.78 is -0.476. The lowest BCUT2D eigenvalue weighted by Gasteiger charge is -2.38. The molecule has 108 valence electrons. The topological polar surface area (TPSA) is 37.4 Å². The third kappa shape index (κ3) is 2.62. The van der Waals surface area contributed by atoms with E-state index in [0.29, 0.717) is 6.42 Å². The maximum absolute atomic E-state index is 12.5. The molecule has 0 bridgehead atoms. The Hall–Kier alpha value is -1.29. The van der Waals surface area contributed by atoms with E-state index in [2.05, 4.69) is 6.92 Å². The fourth-order valence-corrected chi connectivity index (χ4v) is 3.61. The van der Waals surface area contributed by atoms with Crippen molar-refractivity contribution in [3.05, 3.63) is 23.8 Å². The van der Waals surface area contributed by atoms with Crippen LogP contribution in [0.2, 0.25) is 0 Å². The molecular formula is C16H21NO2S. The van der Waals surface area contributed by atoms with E-state index in [-0.39, 0.29) is 11.7 Å². The molecule has 1 aromatic rings. The van der Waals surface area contributed by atoms with E-state index in [4.69, 9.17) is 0 Å². The Kier molecular flexibility index (Phi) is 4.23. The SMILES string of the molecule is CCCN1C(=O)C(C)(C)Sc2cc(C(=O)CC)ccc21. The van der Waals surface area contributed by atoms with Crippen molar-refractivity contribution in [2.75, 3.05) is 11.4 Å². The molecule has 1 aromatic carbocycles. The molecule has 0 atom stereocenters. The summed E-state index contributed by atoms with van der Waals surface area (Å²) in [5, 5.41) is 0. The Labute approximate surface area is 124 Å². The molecule has 2 rings (SSSR count). The molecule has 0 unspecified atom stereocenters. The molecule has 0 saturated carbocycles. The normalized spacial score (nSPS) is 17.0. The van der Waals surface area contributed by atoms with Crippen molar-refractivity contribution in [2.45, 2.75) is 50.2 Å². The van der Waals surface area contributed by atoms with Gasteiger partial charge >= 0.3 is 0 Å². The molecule has 1 heterocycles. The molecule has 20 heavy (non-hydrogen) atoms. The zero-order valence-electron chi connectivity index (χ0n) is 12.5. The van der Waals surface area contributed by atoms with Gasteiger partial charge in [0.1, 0.15) is 0 Å². The van der Waals surface area contributed by atoms with Crippen molar-refractivity contribution in [3.8, 4) is 0 Å². The summed E-state index contributed by atoms with van der Waals surface area (Å²) in [7, 11) is 0. The van der Waals surface area contributed by atoms with Gasteiger partial charge in [-0.1, -0.05) is 13.8 Å². The average molecular weight is 291 g/mol. The first kappa shape index (κ1) is 15.1. The predicted octanol–water partition coefficient (Wildman–Crippen LogP) is 3.91. The van der Waals surface area contributed by atoms with Crippen LogP contribution in [0.3, 0.4) is 0 Å². The summed E-state index contributed by atoms with van der Waals surface area (Å²) in [6, 6.07) is 5.68. The van der Waals surface area contributed by atoms with Gasteiger partial charge in [0, 0.05) is 23.4 Å². The van der Waals surface area contributed by atoms with Crippen LogP contribution in [0.1, 0.15) is 50.9 Å². The number of fused-ring (bicyclic) bond motifs is 1. The van der Waals surface area contributed by atoms with Crippen molar-refractivity contribution >= 4 is 29.1 Å². The Morgan fingerprint density at radius 2 is 2.00 bits per heavy atom. The number of anilines is 1. The highest BCUT2D eigenvalue weighted by Crippen LogP contribution is 2.45. The number of amides is 1. The Morgan fingerprint density at radius 3 is 2.60 bits per heavy atom. The van der Waals surface area contributed by atoms with E-state index < -0.39 is 4.75 Å². The Bertz CT molecular complexity index is 551. The number of carbonyl (C=O) groups is 2. The van der Waals surface area contributed by atoms with Gasteiger partial charge in [0.05, 0.1) is 10.4 Å². The van der Waals surface area contributed by atoms with Gasteiger partial charge in [-0.25, -0.2) is 0 Å². The largest absolute Gasteiger partial charge is 0.310 e. The molecule has 1 amide bonds. The zero-order valence-corrected chi connectivity index (χ0v) is 13.3. The molecule has 4 heteroatoms. The molecule has 0 saturated heterocycles. The lowest BCUT2D eigenvalue weighted by Crippen LogP contribution is -2.46. The van der Waals surface area contributed by atoms with Gasteiger partial charge in [-0.2, -0.15) is 0 Å². The van der Waals surface area contributed by atoms with Gasteiger partial charge in [0.2, 0.25) is 5.91 Å². The van der Waals surface area contributed by atoms with E-state index in [9.17, 15) is 9.59 Å². The van der Waals surface area contributed by atoms with Crippen LogP contribution in [-0.2, 0) is 4.79 Å². The molecule has 3 nitrogen and oxygen atoms in total. The number of rotatable bonds is 4. The summed E-state index contributed by atoms with van der Waals surface area (Å²) >= 11 is 1.55. The molecule has 0 fully saturated rings. The van der Waals surface area contributed by atoms with Crippen LogP contribution in [0.5, 0.6) is 0 Å². The van der Waals surface area contributed by atoms with Gasteiger partial charge in [0.15, 0.2) is 5.78 Å². The first-order valence-electron chi connectivity index (χ1n) is 7.09. The minimum Gasteiger partial charge on any atom is -0.310 e. The summed E-state index contributed by atoms with van der Waals surface area (Å²) in [5.74, 6) is 0.288. The number of thioether (sulfide) groups is 1. The van der Waals surface area contributed by atoms with E-state index in [0.717, 1.165) is 29.1 Å². The first-order chi connectivity index (χ1) is 9.40. The number of carbonyl (C=O) groups excluding carboxylic acids is 2. The minimum atomic E-state index is -0.476. The number of hydrogen-bond donors (Lipinski definition) is 0. The van der Waals surface area contributed by atoms with Gasteiger partial charge in [-0.15, -0.1) is 11.8 Å². The Balaban J connectivity index is 2.48. The van der Waals surface area contributed by atoms with Crippen molar-refractivity contribution < 1.29 is 9.59 Å². The van der Waals surface area contributed by atoms with Gasteiger partial charge in [-0.3, -0.25) is 9.59 Å². The predicted molar refractivity (Wildman–Crippen MR) is 83.6 cm³/mol. The van der Waals surface area contributed by atoms with Crippen molar-refractivity contribution in [3.63, 3.8) is 0 Å². The quantitative estimate of drug-likeness (QED) is 0.789.